The zero-order valence-corrected chi connectivity index (χ0v) is 7.05. The van der Waals surface area contributed by atoms with E-state index in [1.54, 1.807) is 6.92 Å². The highest BCUT2D eigenvalue weighted by Crippen LogP contribution is 2.08. The molecule has 0 aromatic heterocycles. The molecular weight excluding hydrogens is 170 g/mol. The lowest BCUT2D eigenvalue weighted by Crippen LogP contribution is -2.33. The number of ketones is 1. The monoisotopic (exact) mass is 179 g/mol. The van der Waals surface area contributed by atoms with Gasteiger partial charge < -0.3 is 16.5 Å². The zero-order valence-electron chi connectivity index (χ0n) is 7.05. The molecule has 0 fully saturated rings. The fourth-order valence-corrected chi connectivity index (χ4v) is 0.912. The average Bonchev–Trinajstić information content (AvgIpc) is 1.99. The molecule has 0 radical (unpaired) electrons. The number of hydrogen-bond acceptors (Lipinski definition) is 3. The molecule has 0 aliphatic heterocycles. The minimum absolute atomic E-state index is 0.0445. The number of amides is 2. The molecule has 0 heterocycles. The molecule has 0 saturated heterocycles. The minimum atomic E-state index is -0.805. The molecular formula is C8H9N3O2. The summed E-state index contributed by atoms with van der Waals surface area (Å²) in [6, 6.07) is -0.805. The SMILES string of the molecule is CC1=CC(=O)C(NC(N)=O)=CC1=N. The molecule has 4 N–H and O–H groups in total. The Balaban J connectivity index is 2.89. The largest absolute Gasteiger partial charge is 0.351 e. The van der Waals surface area contributed by atoms with Gasteiger partial charge in [-0.15, -0.1) is 0 Å². The van der Waals surface area contributed by atoms with Gasteiger partial charge in [0.2, 0.25) is 5.78 Å². The molecule has 0 bridgehead atoms. The number of rotatable bonds is 1. The van der Waals surface area contributed by atoms with Crippen LogP contribution in [0.15, 0.2) is 23.4 Å². The van der Waals surface area contributed by atoms with Crippen LogP contribution in [0.25, 0.3) is 0 Å². The third-order valence-corrected chi connectivity index (χ3v) is 1.58. The molecule has 5 nitrogen and oxygen atoms in total. The highest BCUT2D eigenvalue weighted by molar-refractivity contribution is 6.21. The Morgan fingerprint density at radius 3 is 2.69 bits per heavy atom. The number of allylic oxidation sites excluding steroid dienone is 3. The van der Waals surface area contributed by atoms with E-state index in [1.165, 1.54) is 12.2 Å². The topological polar surface area (TPSA) is 96.0 Å². The maximum atomic E-state index is 11.2. The highest BCUT2D eigenvalue weighted by atomic mass is 16.2. The van der Waals surface area contributed by atoms with Crippen LogP contribution in [0.2, 0.25) is 0 Å². The number of primary amides is 1. The Bertz CT molecular complexity index is 352. The van der Waals surface area contributed by atoms with E-state index in [1.807, 2.05) is 0 Å². The normalized spacial score (nSPS) is 16.4. The van der Waals surface area contributed by atoms with Gasteiger partial charge in [-0.25, -0.2) is 4.79 Å². The third kappa shape index (κ3) is 2.02. The summed E-state index contributed by atoms with van der Waals surface area (Å²) in [5.74, 6) is -0.340. The van der Waals surface area contributed by atoms with Crippen molar-refractivity contribution in [3.8, 4) is 0 Å². The van der Waals surface area contributed by atoms with Crippen LogP contribution in [0.5, 0.6) is 0 Å². The van der Waals surface area contributed by atoms with Gasteiger partial charge in [-0.1, -0.05) is 0 Å². The first kappa shape index (κ1) is 9.18. The van der Waals surface area contributed by atoms with Gasteiger partial charge in [-0.05, 0) is 24.6 Å². The summed E-state index contributed by atoms with van der Waals surface area (Å²) < 4.78 is 0. The summed E-state index contributed by atoms with van der Waals surface area (Å²) in [4.78, 5) is 21.6. The van der Waals surface area contributed by atoms with E-state index < -0.39 is 6.03 Å². The molecule has 2 amide bonds. The number of carbonyl (C=O) groups is 2. The molecule has 0 unspecified atom stereocenters. The number of nitrogens with two attached hydrogens (primary N) is 1. The lowest BCUT2D eigenvalue weighted by molar-refractivity contribution is -0.111. The van der Waals surface area contributed by atoms with Gasteiger partial charge >= 0.3 is 6.03 Å². The Hall–Kier alpha value is -1.91. The van der Waals surface area contributed by atoms with Gasteiger partial charge in [-0.3, -0.25) is 4.79 Å². The molecule has 0 atom stereocenters. The van der Waals surface area contributed by atoms with Gasteiger partial charge in [-0.2, -0.15) is 0 Å². The van der Waals surface area contributed by atoms with Crippen LogP contribution >= 0.6 is 0 Å². The average molecular weight is 179 g/mol. The zero-order chi connectivity index (χ0) is 10.0. The molecule has 13 heavy (non-hydrogen) atoms. The van der Waals surface area contributed by atoms with E-state index >= 15 is 0 Å². The van der Waals surface area contributed by atoms with Gasteiger partial charge in [0.15, 0.2) is 0 Å². The van der Waals surface area contributed by atoms with Gasteiger partial charge in [0.25, 0.3) is 0 Å². The standard InChI is InChI=1S/C8H9N3O2/c1-4-2-7(12)6(3-5(4)9)11-8(10)13/h2-3,9H,1H3,(H3,10,11,13). The Morgan fingerprint density at radius 2 is 2.15 bits per heavy atom. The first-order chi connectivity index (χ1) is 6.00. The second-order valence-electron chi connectivity index (χ2n) is 2.65. The number of carbonyl (C=O) groups excluding carboxylic acids is 2. The second kappa shape index (κ2) is 3.22. The fraction of sp³-hybridized carbons (Fsp3) is 0.125. The summed E-state index contributed by atoms with van der Waals surface area (Å²) in [5.41, 5.74) is 5.64. The third-order valence-electron chi connectivity index (χ3n) is 1.58. The van der Waals surface area contributed by atoms with Crippen LogP contribution in [0.1, 0.15) is 6.92 Å². The molecule has 0 saturated carbocycles. The molecule has 5 heteroatoms. The summed E-state index contributed by atoms with van der Waals surface area (Å²) in [5, 5.41) is 9.52. The van der Waals surface area contributed by atoms with Crippen LogP contribution in [-0.2, 0) is 4.79 Å². The highest BCUT2D eigenvalue weighted by Gasteiger charge is 2.15. The number of hydrogen-bond donors (Lipinski definition) is 3. The van der Waals surface area contributed by atoms with E-state index in [9.17, 15) is 9.59 Å². The van der Waals surface area contributed by atoms with Crippen LogP contribution in [0.3, 0.4) is 0 Å². The summed E-state index contributed by atoms with van der Waals surface area (Å²) in [6.45, 7) is 1.65. The maximum absolute atomic E-state index is 11.2. The maximum Gasteiger partial charge on any atom is 0.316 e. The molecule has 0 aromatic rings. The molecule has 1 aliphatic rings. The van der Waals surface area contributed by atoms with E-state index in [0.717, 1.165) is 0 Å². The van der Waals surface area contributed by atoms with Crippen LogP contribution in [0, 0.1) is 5.41 Å². The van der Waals surface area contributed by atoms with Crippen molar-refractivity contribution in [1.82, 2.24) is 5.32 Å². The van der Waals surface area contributed by atoms with Crippen molar-refractivity contribution in [1.29, 1.82) is 5.41 Å². The van der Waals surface area contributed by atoms with Crippen molar-refractivity contribution in [2.24, 2.45) is 5.73 Å². The van der Waals surface area contributed by atoms with E-state index in [0.29, 0.717) is 5.57 Å². The van der Waals surface area contributed by atoms with Gasteiger partial charge in [0.1, 0.15) is 0 Å². The Morgan fingerprint density at radius 1 is 1.54 bits per heavy atom. The minimum Gasteiger partial charge on any atom is -0.351 e. The summed E-state index contributed by atoms with van der Waals surface area (Å²) in [6.07, 6.45) is 2.57. The first-order valence-corrected chi connectivity index (χ1v) is 3.60. The first-order valence-electron chi connectivity index (χ1n) is 3.60. The molecule has 1 rings (SSSR count). The van der Waals surface area contributed by atoms with Crippen molar-refractivity contribution in [2.45, 2.75) is 6.92 Å². The van der Waals surface area contributed by atoms with Crippen molar-refractivity contribution in [3.63, 3.8) is 0 Å². The second-order valence-corrected chi connectivity index (χ2v) is 2.65. The van der Waals surface area contributed by atoms with Gasteiger partial charge in [0, 0.05) is 0 Å². The molecule has 68 valence electrons. The van der Waals surface area contributed by atoms with Crippen LogP contribution in [-0.4, -0.2) is 17.5 Å². The van der Waals surface area contributed by atoms with Crippen molar-refractivity contribution >= 4 is 17.5 Å². The van der Waals surface area contributed by atoms with Crippen LogP contribution in [0.4, 0.5) is 4.79 Å². The van der Waals surface area contributed by atoms with Crippen molar-refractivity contribution in [2.75, 3.05) is 0 Å². The number of urea groups is 1. The lowest BCUT2D eigenvalue weighted by Gasteiger charge is -2.10. The molecule has 0 spiro atoms. The smallest absolute Gasteiger partial charge is 0.316 e. The lowest BCUT2D eigenvalue weighted by atomic mass is 10.0. The van der Waals surface area contributed by atoms with Crippen molar-refractivity contribution in [3.05, 3.63) is 23.4 Å². The summed E-state index contributed by atoms with van der Waals surface area (Å²) >= 11 is 0. The molecule has 1 aliphatic carbocycles. The van der Waals surface area contributed by atoms with E-state index in [4.69, 9.17) is 11.1 Å². The summed E-state index contributed by atoms with van der Waals surface area (Å²) in [7, 11) is 0. The Kier molecular flexibility index (Phi) is 2.27. The van der Waals surface area contributed by atoms with Crippen molar-refractivity contribution < 1.29 is 9.59 Å². The fourth-order valence-electron chi connectivity index (χ4n) is 0.912. The Labute approximate surface area is 74.8 Å². The molecule has 0 aromatic carbocycles. The van der Waals surface area contributed by atoms with Crippen LogP contribution < -0.4 is 11.1 Å². The number of nitrogens with one attached hydrogen (secondary N) is 2. The predicted octanol–water partition coefficient (Wildman–Crippen LogP) is 0.0874. The van der Waals surface area contributed by atoms with E-state index in [2.05, 4.69) is 5.32 Å². The van der Waals surface area contributed by atoms with Gasteiger partial charge in [0.05, 0.1) is 11.4 Å². The van der Waals surface area contributed by atoms with E-state index in [-0.39, 0.29) is 17.2 Å². The predicted molar refractivity (Wildman–Crippen MR) is 47.3 cm³/mol. The quantitative estimate of drug-likeness (QED) is 0.497.